The summed E-state index contributed by atoms with van der Waals surface area (Å²) in [6, 6.07) is 0. The number of unbranched alkanes of at least 4 members (excludes halogenated alkanes) is 12. The molecule has 0 unspecified atom stereocenters. The molecule has 0 aliphatic carbocycles. The van der Waals surface area contributed by atoms with Gasteiger partial charge in [-0.3, -0.25) is 4.18 Å². The van der Waals surface area contributed by atoms with Crippen molar-refractivity contribution in [2.45, 2.75) is 96.8 Å². The van der Waals surface area contributed by atoms with Crippen LogP contribution in [-0.2, 0) is 14.3 Å². The van der Waals surface area contributed by atoms with Crippen molar-refractivity contribution in [2.75, 3.05) is 26.0 Å². The minimum absolute atomic E-state index is 0. The molecule has 0 aromatic heterocycles. The Morgan fingerprint density at radius 1 is 0.741 bits per heavy atom. The maximum absolute atomic E-state index is 11.1. The minimum Gasteiger partial charge on any atom is -0.316 e. The number of nitrogens with one attached hydrogen (secondary N) is 1. The number of rotatable bonds is 20. The number of allylic oxidation sites excluding steroid dienone is 2. The predicted molar refractivity (Wildman–Crippen MR) is 119 cm³/mol. The SMILES string of the molecule is CCCCCCCC/C=C\CCCCCCCCNCCS(=O)(=O)OC.[Na]. The first-order valence-corrected chi connectivity index (χ1v) is 12.3. The average Bonchev–Trinajstić information content (AvgIpc) is 2.63. The van der Waals surface area contributed by atoms with Crippen LogP contribution in [0.3, 0.4) is 0 Å². The second-order valence-corrected chi connectivity index (χ2v) is 8.97. The van der Waals surface area contributed by atoms with E-state index < -0.39 is 10.1 Å². The van der Waals surface area contributed by atoms with Gasteiger partial charge in [0.1, 0.15) is 0 Å². The zero-order valence-electron chi connectivity index (χ0n) is 18.3. The molecule has 6 heteroatoms. The summed E-state index contributed by atoms with van der Waals surface area (Å²) in [5.41, 5.74) is 0. The van der Waals surface area contributed by atoms with Gasteiger partial charge in [0.25, 0.3) is 10.1 Å². The summed E-state index contributed by atoms with van der Waals surface area (Å²) in [6.45, 7) is 3.63. The topological polar surface area (TPSA) is 55.4 Å². The maximum Gasteiger partial charge on any atom is 0.268 e. The molecule has 0 aliphatic heterocycles. The van der Waals surface area contributed by atoms with E-state index in [1.807, 2.05) is 0 Å². The second-order valence-electron chi connectivity index (χ2n) is 7.12. The molecule has 0 rings (SSSR count). The van der Waals surface area contributed by atoms with E-state index in [0.29, 0.717) is 6.54 Å². The van der Waals surface area contributed by atoms with E-state index in [9.17, 15) is 8.42 Å². The van der Waals surface area contributed by atoms with Crippen LogP contribution in [0.2, 0.25) is 0 Å². The van der Waals surface area contributed by atoms with Gasteiger partial charge in [0, 0.05) is 36.1 Å². The maximum atomic E-state index is 11.1. The van der Waals surface area contributed by atoms with E-state index in [2.05, 4.69) is 28.6 Å². The van der Waals surface area contributed by atoms with Crippen LogP contribution in [0.15, 0.2) is 12.2 Å². The molecule has 0 bridgehead atoms. The van der Waals surface area contributed by atoms with Crippen LogP contribution < -0.4 is 5.32 Å². The molecular formula is C21H43NNaO3S. The van der Waals surface area contributed by atoms with Crippen molar-refractivity contribution >= 4 is 39.7 Å². The molecule has 157 valence electrons. The summed E-state index contributed by atoms with van der Waals surface area (Å²) in [6.07, 6.45) is 23.0. The summed E-state index contributed by atoms with van der Waals surface area (Å²) in [5.74, 6) is 0.0515. The first kappa shape index (κ1) is 29.8. The van der Waals surface area contributed by atoms with E-state index in [0.717, 1.165) is 13.0 Å². The molecule has 0 atom stereocenters. The molecule has 0 aromatic carbocycles. The van der Waals surface area contributed by atoms with Crippen LogP contribution in [-0.4, -0.2) is 63.9 Å². The van der Waals surface area contributed by atoms with Gasteiger partial charge in [-0.25, -0.2) is 0 Å². The fourth-order valence-corrected chi connectivity index (χ4v) is 3.46. The van der Waals surface area contributed by atoms with Gasteiger partial charge in [0.15, 0.2) is 0 Å². The van der Waals surface area contributed by atoms with E-state index in [-0.39, 0.29) is 35.3 Å². The Balaban J connectivity index is 0. The third kappa shape index (κ3) is 24.6. The third-order valence-electron chi connectivity index (χ3n) is 4.65. The number of hydrogen-bond acceptors (Lipinski definition) is 4. The van der Waals surface area contributed by atoms with Crippen LogP contribution in [0.5, 0.6) is 0 Å². The Kier molecular flexibility index (Phi) is 25.3. The van der Waals surface area contributed by atoms with Gasteiger partial charge < -0.3 is 5.32 Å². The summed E-state index contributed by atoms with van der Waals surface area (Å²) in [5, 5.41) is 3.16. The molecule has 0 saturated heterocycles. The molecule has 1 N–H and O–H groups in total. The van der Waals surface area contributed by atoms with E-state index in [1.165, 1.54) is 90.6 Å². The standard InChI is InChI=1S/C21H43NO3S.Na/c1-3-4-5-6-7-8-9-10-11-12-13-14-15-16-17-18-19-22-20-21-26(23,24)25-2;/h10-11,22H,3-9,12-21H2,1-2H3;/b11-10-;. The monoisotopic (exact) mass is 412 g/mol. The molecule has 0 aliphatic rings. The van der Waals surface area contributed by atoms with Gasteiger partial charge in [-0.15, -0.1) is 0 Å². The molecule has 0 heterocycles. The molecule has 27 heavy (non-hydrogen) atoms. The number of hydrogen-bond donors (Lipinski definition) is 1. The quantitative estimate of drug-likeness (QED) is 0.129. The third-order valence-corrected chi connectivity index (χ3v) is 5.86. The molecule has 0 aromatic rings. The van der Waals surface area contributed by atoms with Crippen molar-refractivity contribution in [1.29, 1.82) is 0 Å². The zero-order chi connectivity index (χ0) is 19.3. The van der Waals surface area contributed by atoms with Crippen LogP contribution in [0.25, 0.3) is 0 Å². The van der Waals surface area contributed by atoms with Crippen LogP contribution in [0.4, 0.5) is 0 Å². The normalized spacial score (nSPS) is 11.8. The fraction of sp³-hybridized carbons (Fsp3) is 0.905. The van der Waals surface area contributed by atoms with Crippen LogP contribution in [0, 0.1) is 0 Å². The second kappa shape index (κ2) is 22.9. The molecule has 0 amide bonds. The van der Waals surface area contributed by atoms with Crippen molar-refractivity contribution in [1.82, 2.24) is 5.32 Å². The largest absolute Gasteiger partial charge is 0.316 e. The molecule has 0 saturated carbocycles. The zero-order valence-corrected chi connectivity index (χ0v) is 21.1. The van der Waals surface area contributed by atoms with Gasteiger partial charge in [-0.1, -0.05) is 76.9 Å². The van der Waals surface area contributed by atoms with Crippen molar-refractivity contribution in [3.05, 3.63) is 12.2 Å². The minimum atomic E-state index is -3.31. The fourth-order valence-electron chi connectivity index (χ4n) is 2.90. The van der Waals surface area contributed by atoms with Crippen molar-refractivity contribution in [3.63, 3.8) is 0 Å². The van der Waals surface area contributed by atoms with Crippen LogP contribution in [0.1, 0.15) is 96.8 Å². The molecule has 4 nitrogen and oxygen atoms in total. The Morgan fingerprint density at radius 2 is 1.22 bits per heavy atom. The van der Waals surface area contributed by atoms with Crippen LogP contribution >= 0.6 is 0 Å². The van der Waals surface area contributed by atoms with E-state index >= 15 is 0 Å². The van der Waals surface area contributed by atoms with Crippen molar-refractivity contribution < 1.29 is 12.6 Å². The summed E-state index contributed by atoms with van der Waals surface area (Å²) >= 11 is 0. The molecule has 0 spiro atoms. The average molecular weight is 413 g/mol. The summed E-state index contributed by atoms with van der Waals surface area (Å²) < 4.78 is 26.6. The Hall–Kier alpha value is 0.610. The van der Waals surface area contributed by atoms with Gasteiger partial charge in [0.05, 0.1) is 12.9 Å². The van der Waals surface area contributed by atoms with E-state index in [1.54, 1.807) is 0 Å². The Morgan fingerprint density at radius 3 is 1.74 bits per heavy atom. The smallest absolute Gasteiger partial charge is 0.268 e. The van der Waals surface area contributed by atoms with E-state index in [4.69, 9.17) is 0 Å². The summed E-state index contributed by atoms with van der Waals surface area (Å²) in [7, 11) is -2.10. The van der Waals surface area contributed by atoms with Crippen molar-refractivity contribution in [3.8, 4) is 0 Å². The van der Waals surface area contributed by atoms with Gasteiger partial charge in [-0.2, -0.15) is 8.42 Å². The molecule has 0 fully saturated rings. The first-order valence-electron chi connectivity index (χ1n) is 10.8. The van der Waals surface area contributed by atoms with Gasteiger partial charge in [-0.05, 0) is 38.6 Å². The first-order chi connectivity index (χ1) is 12.6. The Bertz CT molecular complexity index is 414. The van der Waals surface area contributed by atoms with Gasteiger partial charge in [0.2, 0.25) is 0 Å². The van der Waals surface area contributed by atoms with Crippen molar-refractivity contribution in [2.24, 2.45) is 0 Å². The van der Waals surface area contributed by atoms with Gasteiger partial charge >= 0.3 is 0 Å². The predicted octanol–water partition coefficient (Wildman–Crippen LogP) is 5.21. The summed E-state index contributed by atoms with van der Waals surface area (Å²) in [4.78, 5) is 0. The molecular weight excluding hydrogens is 369 g/mol. The Labute approximate surface area is 191 Å². The molecule has 1 radical (unpaired) electrons.